The van der Waals surface area contributed by atoms with E-state index in [-0.39, 0.29) is 48.2 Å². The topological polar surface area (TPSA) is 121 Å². The SMILES string of the molecule is O=C(O)c1ccc(S(=O)(=O)N2CCN(C(=O)c3cnsn3)CC2)cc1. The molecule has 1 N–H and O–H groups in total. The molecule has 1 aliphatic heterocycles. The second-order valence-electron chi connectivity index (χ2n) is 5.32. The highest BCUT2D eigenvalue weighted by atomic mass is 32.2. The third-order valence-corrected chi connectivity index (χ3v) is 6.24. The Morgan fingerprint density at radius 1 is 1.08 bits per heavy atom. The Kier molecular flexibility index (Phi) is 4.79. The molecule has 2 aromatic rings. The second-order valence-corrected chi connectivity index (χ2v) is 7.81. The van der Waals surface area contributed by atoms with Gasteiger partial charge in [-0.2, -0.15) is 13.1 Å². The van der Waals surface area contributed by atoms with Gasteiger partial charge in [-0.25, -0.2) is 13.2 Å². The van der Waals surface area contributed by atoms with E-state index >= 15 is 0 Å². The Morgan fingerprint density at radius 3 is 2.24 bits per heavy atom. The van der Waals surface area contributed by atoms with Gasteiger partial charge in [0.15, 0.2) is 5.69 Å². The van der Waals surface area contributed by atoms with Crippen LogP contribution in [-0.4, -0.2) is 69.5 Å². The van der Waals surface area contributed by atoms with Crippen LogP contribution < -0.4 is 0 Å². The van der Waals surface area contributed by atoms with Crippen molar-refractivity contribution in [3.63, 3.8) is 0 Å². The number of amides is 1. The minimum atomic E-state index is -3.73. The predicted octanol–water partition coefficient (Wildman–Crippen LogP) is 0.383. The first kappa shape index (κ1) is 17.5. The van der Waals surface area contributed by atoms with Crippen LogP contribution in [0.3, 0.4) is 0 Å². The summed E-state index contributed by atoms with van der Waals surface area (Å²) >= 11 is 0.942. The van der Waals surface area contributed by atoms with Crippen LogP contribution in [0.5, 0.6) is 0 Å². The fourth-order valence-corrected chi connectivity index (χ4v) is 4.30. The van der Waals surface area contributed by atoms with Crippen LogP contribution in [0.4, 0.5) is 0 Å². The number of nitrogens with zero attached hydrogens (tertiary/aromatic N) is 4. The number of hydrogen-bond donors (Lipinski definition) is 1. The first-order valence-electron chi connectivity index (χ1n) is 7.30. The van der Waals surface area contributed by atoms with Gasteiger partial charge >= 0.3 is 5.97 Å². The van der Waals surface area contributed by atoms with Crippen molar-refractivity contribution in [2.24, 2.45) is 0 Å². The number of hydrogen-bond acceptors (Lipinski definition) is 7. The van der Waals surface area contributed by atoms with Crippen molar-refractivity contribution in [2.45, 2.75) is 4.90 Å². The number of rotatable bonds is 4. The summed E-state index contributed by atoms with van der Waals surface area (Å²) in [5.74, 6) is -1.38. The average Bonchev–Trinajstić information content (AvgIpc) is 3.16. The molecule has 11 heteroatoms. The highest BCUT2D eigenvalue weighted by Crippen LogP contribution is 2.19. The summed E-state index contributed by atoms with van der Waals surface area (Å²) in [6, 6.07) is 5.06. The molecule has 9 nitrogen and oxygen atoms in total. The lowest BCUT2D eigenvalue weighted by molar-refractivity contribution is 0.0687. The van der Waals surface area contributed by atoms with E-state index in [0.29, 0.717) is 0 Å². The van der Waals surface area contributed by atoms with Crippen molar-refractivity contribution in [3.05, 3.63) is 41.7 Å². The molecule has 1 aliphatic rings. The summed E-state index contributed by atoms with van der Waals surface area (Å²) in [4.78, 5) is 24.6. The summed E-state index contributed by atoms with van der Waals surface area (Å²) in [7, 11) is -3.73. The normalized spacial score (nSPS) is 15.9. The van der Waals surface area contributed by atoms with Gasteiger partial charge < -0.3 is 10.0 Å². The molecule has 1 amide bonds. The summed E-state index contributed by atoms with van der Waals surface area (Å²) in [6.45, 7) is 0.824. The molecular weight excluding hydrogens is 368 g/mol. The number of carboxylic acids is 1. The zero-order valence-corrected chi connectivity index (χ0v) is 14.5. The molecule has 1 aromatic heterocycles. The molecule has 25 heavy (non-hydrogen) atoms. The molecule has 1 aromatic carbocycles. The van der Waals surface area contributed by atoms with Gasteiger partial charge in [0.25, 0.3) is 5.91 Å². The van der Waals surface area contributed by atoms with Crippen molar-refractivity contribution < 1.29 is 23.1 Å². The largest absolute Gasteiger partial charge is 0.478 e. The van der Waals surface area contributed by atoms with Gasteiger partial charge in [0.05, 0.1) is 28.4 Å². The van der Waals surface area contributed by atoms with Gasteiger partial charge in [0.2, 0.25) is 10.0 Å². The number of piperazine rings is 1. The van der Waals surface area contributed by atoms with Gasteiger partial charge in [-0.3, -0.25) is 4.79 Å². The minimum Gasteiger partial charge on any atom is -0.478 e. The van der Waals surface area contributed by atoms with Gasteiger partial charge in [0, 0.05) is 26.2 Å². The maximum absolute atomic E-state index is 12.6. The quantitative estimate of drug-likeness (QED) is 0.811. The van der Waals surface area contributed by atoms with Crippen LogP contribution in [0.2, 0.25) is 0 Å². The zero-order chi connectivity index (χ0) is 18.0. The third-order valence-electron chi connectivity index (χ3n) is 3.85. The van der Waals surface area contributed by atoms with Gasteiger partial charge in [-0.05, 0) is 24.3 Å². The molecule has 0 atom stereocenters. The minimum absolute atomic E-state index is 0.0197. The van der Waals surface area contributed by atoms with Crippen molar-refractivity contribution >= 4 is 33.6 Å². The molecule has 0 aliphatic carbocycles. The van der Waals surface area contributed by atoms with Gasteiger partial charge in [0.1, 0.15) is 0 Å². The molecule has 1 fully saturated rings. The summed E-state index contributed by atoms with van der Waals surface area (Å²) in [5, 5.41) is 8.88. The lowest BCUT2D eigenvalue weighted by Gasteiger charge is -2.33. The Balaban J connectivity index is 1.69. The van der Waals surface area contributed by atoms with E-state index in [9.17, 15) is 18.0 Å². The van der Waals surface area contributed by atoms with Crippen molar-refractivity contribution in [3.8, 4) is 0 Å². The van der Waals surface area contributed by atoms with Crippen LogP contribution in [0, 0.1) is 0 Å². The molecule has 3 rings (SSSR count). The van der Waals surface area contributed by atoms with Crippen LogP contribution in [0.25, 0.3) is 0 Å². The highest BCUT2D eigenvalue weighted by molar-refractivity contribution is 7.89. The lowest BCUT2D eigenvalue weighted by atomic mass is 10.2. The summed E-state index contributed by atoms with van der Waals surface area (Å²) in [6.07, 6.45) is 1.39. The molecule has 0 spiro atoms. The maximum Gasteiger partial charge on any atom is 0.335 e. The number of aromatic nitrogens is 2. The molecule has 0 bridgehead atoms. The Bertz CT molecular complexity index is 872. The predicted molar refractivity (Wildman–Crippen MR) is 88.0 cm³/mol. The van der Waals surface area contributed by atoms with Gasteiger partial charge in [-0.1, -0.05) is 0 Å². The molecular formula is C14H14N4O5S2. The molecule has 132 valence electrons. The van der Waals surface area contributed by atoms with E-state index in [1.807, 2.05) is 0 Å². The van der Waals surface area contributed by atoms with E-state index < -0.39 is 16.0 Å². The number of sulfonamides is 1. The number of aromatic carboxylic acids is 1. The first-order chi connectivity index (χ1) is 11.9. The number of carboxylic acid groups (broad SMARTS) is 1. The average molecular weight is 382 g/mol. The van der Waals surface area contributed by atoms with Crippen LogP contribution in [0.15, 0.2) is 35.4 Å². The Hall–Kier alpha value is -2.37. The van der Waals surface area contributed by atoms with E-state index in [1.54, 1.807) is 0 Å². The molecule has 2 heterocycles. The van der Waals surface area contributed by atoms with Gasteiger partial charge in [-0.15, -0.1) is 0 Å². The van der Waals surface area contributed by atoms with E-state index in [4.69, 9.17) is 5.11 Å². The lowest BCUT2D eigenvalue weighted by Crippen LogP contribution is -2.50. The Morgan fingerprint density at radius 2 is 1.72 bits per heavy atom. The van der Waals surface area contributed by atoms with Crippen molar-refractivity contribution in [1.82, 2.24) is 18.0 Å². The van der Waals surface area contributed by atoms with Crippen LogP contribution >= 0.6 is 11.7 Å². The summed E-state index contributed by atoms with van der Waals surface area (Å²) < 4.78 is 34.2. The number of benzene rings is 1. The third kappa shape index (κ3) is 3.52. The molecule has 1 saturated heterocycles. The maximum atomic E-state index is 12.6. The number of carbonyl (C=O) groups is 2. The summed E-state index contributed by atoms with van der Waals surface area (Å²) in [5.41, 5.74) is 0.275. The van der Waals surface area contributed by atoms with Crippen LogP contribution in [-0.2, 0) is 10.0 Å². The van der Waals surface area contributed by atoms with Crippen molar-refractivity contribution in [2.75, 3.05) is 26.2 Å². The smallest absolute Gasteiger partial charge is 0.335 e. The standard InChI is InChI=1S/C14H14N4O5S2/c19-13(12-9-15-24-16-12)17-5-7-18(8-6-17)25(22,23)11-3-1-10(2-4-11)14(20)21/h1-4,9H,5-8H2,(H,20,21). The fraction of sp³-hybridized carbons (Fsp3) is 0.286. The first-order valence-corrected chi connectivity index (χ1v) is 9.47. The van der Waals surface area contributed by atoms with Crippen molar-refractivity contribution in [1.29, 1.82) is 0 Å². The van der Waals surface area contributed by atoms with E-state index in [1.165, 1.54) is 39.7 Å². The fourth-order valence-electron chi connectivity index (χ4n) is 2.47. The molecule has 0 saturated carbocycles. The zero-order valence-electron chi connectivity index (χ0n) is 12.9. The van der Waals surface area contributed by atoms with Crippen LogP contribution in [0.1, 0.15) is 20.8 Å². The van der Waals surface area contributed by atoms with E-state index in [2.05, 4.69) is 8.75 Å². The highest BCUT2D eigenvalue weighted by Gasteiger charge is 2.31. The molecule has 0 radical (unpaired) electrons. The van der Waals surface area contributed by atoms with E-state index in [0.717, 1.165) is 11.7 Å². The monoisotopic (exact) mass is 382 g/mol. The molecule has 0 unspecified atom stereocenters. The second kappa shape index (κ2) is 6.86. The number of carbonyl (C=O) groups excluding carboxylic acids is 1. The Labute approximate surface area is 147 Å².